The zero-order valence-corrected chi connectivity index (χ0v) is 14.8. The predicted molar refractivity (Wildman–Crippen MR) is 65.3 cm³/mol. The zero-order valence-electron chi connectivity index (χ0n) is 14.8. The molecule has 0 fully saturated rings. The lowest BCUT2D eigenvalue weighted by Crippen LogP contribution is -2.72. The highest BCUT2D eigenvalue weighted by Crippen LogP contribution is 2.62. The molecule has 0 saturated carbocycles. The van der Waals surface area contributed by atoms with E-state index in [1.54, 1.807) is 4.91 Å². The Hall–Kier alpha value is -2.06. The van der Waals surface area contributed by atoms with Gasteiger partial charge in [-0.2, -0.15) is 83.4 Å². The van der Waals surface area contributed by atoms with Gasteiger partial charge in [0.1, 0.15) is 0 Å². The standard InChI is InChI=1S/C11H4F19N3O/c12-3(13,1-2-32-33-31)4(14,15)5(16,17)6(18,19)7(20,21)10(27,28)34-11(29,30)8(22,23)9(24,25)26/h1-2H2. The minimum atomic E-state index is -8.60. The fourth-order valence-electron chi connectivity index (χ4n) is 1.65. The van der Waals surface area contributed by atoms with Gasteiger partial charge in [-0.15, -0.1) is 0 Å². The molecular formula is C11H4F19N3O. The van der Waals surface area contributed by atoms with Crippen molar-refractivity contribution in [2.24, 2.45) is 5.11 Å². The van der Waals surface area contributed by atoms with E-state index >= 15 is 0 Å². The molecule has 0 aliphatic rings. The molecule has 0 aromatic carbocycles. The molecule has 0 saturated heterocycles. The van der Waals surface area contributed by atoms with Crippen LogP contribution in [-0.4, -0.2) is 60.5 Å². The minimum Gasteiger partial charge on any atom is -0.245 e. The summed E-state index contributed by atoms with van der Waals surface area (Å²) in [6, 6.07) is 0. The number of halogens is 19. The van der Waals surface area contributed by atoms with Crippen LogP contribution in [0.3, 0.4) is 0 Å². The number of alkyl halides is 19. The van der Waals surface area contributed by atoms with Crippen LogP contribution in [0.2, 0.25) is 0 Å². The molecule has 0 spiro atoms. The molecule has 0 N–H and O–H groups in total. The molecule has 202 valence electrons. The second-order valence-corrected chi connectivity index (χ2v) is 5.91. The van der Waals surface area contributed by atoms with Crippen molar-refractivity contribution in [3.05, 3.63) is 10.4 Å². The van der Waals surface area contributed by atoms with Crippen molar-refractivity contribution in [3.8, 4) is 0 Å². The maximum absolute atomic E-state index is 13.4. The van der Waals surface area contributed by atoms with Crippen molar-refractivity contribution in [3.63, 3.8) is 0 Å². The Kier molecular flexibility index (Phi) is 8.04. The SMILES string of the molecule is [N-]=[N+]=NCCC(F)(F)C(F)(F)C(F)(F)C(F)(F)C(F)(F)C(F)(F)OC(F)(F)C(F)(F)C(F)(F)F. The van der Waals surface area contributed by atoms with Crippen molar-refractivity contribution < 1.29 is 88.2 Å². The molecule has 23 heteroatoms. The third kappa shape index (κ3) is 4.71. The summed E-state index contributed by atoms with van der Waals surface area (Å²) in [4.78, 5) is 1.64. The van der Waals surface area contributed by atoms with Crippen LogP contribution in [-0.2, 0) is 4.74 Å². The number of ether oxygens (including phenoxy) is 1. The van der Waals surface area contributed by atoms with Gasteiger partial charge in [0.2, 0.25) is 0 Å². The smallest absolute Gasteiger partial charge is 0.245 e. The van der Waals surface area contributed by atoms with Crippen molar-refractivity contribution >= 4 is 0 Å². The van der Waals surface area contributed by atoms with Gasteiger partial charge in [0.15, 0.2) is 0 Å². The topological polar surface area (TPSA) is 58.0 Å². The van der Waals surface area contributed by atoms with Gasteiger partial charge >= 0.3 is 53.9 Å². The number of hydrogen-bond acceptors (Lipinski definition) is 2. The first-order valence-electron chi connectivity index (χ1n) is 7.32. The van der Waals surface area contributed by atoms with Crippen LogP contribution in [0, 0.1) is 0 Å². The summed E-state index contributed by atoms with van der Waals surface area (Å²) in [6.45, 7) is -1.91. The summed E-state index contributed by atoms with van der Waals surface area (Å²) in [5.74, 6) is -47.8. The van der Waals surface area contributed by atoms with Crippen molar-refractivity contribution in [2.45, 2.75) is 60.3 Å². The summed E-state index contributed by atoms with van der Waals surface area (Å²) in [7, 11) is 0. The first-order chi connectivity index (χ1) is 14.5. The molecule has 0 atom stereocenters. The van der Waals surface area contributed by atoms with E-state index in [9.17, 15) is 83.4 Å². The van der Waals surface area contributed by atoms with Gasteiger partial charge in [-0.05, 0) is 5.53 Å². The summed E-state index contributed by atoms with van der Waals surface area (Å²) < 4.78 is 247. The van der Waals surface area contributed by atoms with Crippen molar-refractivity contribution in [2.75, 3.05) is 6.54 Å². The van der Waals surface area contributed by atoms with Gasteiger partial charge in [-0.3, -0.25) is 0 Å². The van der Waals surface area contributed by atoms with Gasteiger partial charge in [-0.25, -0.2) is 4.74 Å². The Morgan fingerprint density at radius 1 is 0.529 bits per heavy atom. The first-order valence-corrected chi connectivity index (χ1v) is 7.32. The Balaban J connectivity index is 6.51. The molecule has 0 unspecified atom stereocenters. The normalized spacial score (nSPS) is 15.9. The zero-order chi connectivity index (χ0) is 28.0. The van der Waals surface area contributed by atoms with E-state index in [4.69, 9.17) is 5.53 Å². The van der Waals surface area contributed by atoms with E-state index in [1.807, 2.05) is 0 Å². The summed E-state index contributed by atoms with van der Waals surface area (Å²) in [6.07, 6.45) is -26.6. The van der Waals surface area contributed by atoms with E-state index in [-0.39, 0.29) is 0 Å². The number of azide groups is 1. The average molecular weight is 555 g/mol. The highest BCUT2D eigenvalue weighted by molar-refractivity contribution is 5.10. The third-order valence-corrected chi connectivity index (χ3v) is 3.57. The van der Waals surface area contributed by atoms with E-state index in [0.717, 1.165) is 4.74 Å². The molecular weight excluding hydrogens is 551 g/mol. The Labute approximate surface area is 172 Å². The Morgan fingerprint density at radius 2 is 0.882 bits per heavy atom. The van der Waals surface area contributed by atoms with Crippen LogP contribution in [0.25, 0.3) is 10.4 Å². The van der Waals surface area contributed by atoms with Crippen LogP contribution < -0.4 is 0 Å². The van der Waals surface area contributed by atoms with Crippen LogP contribution in [0.1, 0.15) is 6.42 Å². The quantitative estimate of drug-likeness (QED) is 0.115. The first kappa shape index (κ1) is 31.9. The van der Waals surface area contributed by atoms with Gasteiger partial charge in [-0.1, -0.05) is 5.11 Å². The summed E-state index contributed by atoms with van der Waals surface area (Å²) in [5, 5.41) is 2.09. The summed E-state index contributed by atoms with van der Waals surface area (Å²) in [5.41, 5.74) is 7.73. The monoisotopic (exact) mass is 555 g/mol. The lowest BCUT2D eigenvalue weighted by molar-refractivity contribution is -0.521. The molecule has 4 nitrogen and oxygen atoms in total. The molecule has 0 aromatic rings. The lowest BCUT2D eigenvalue weighted by atomic mass is 9.92. The van der Waals surface area contributed by atoms with Crippen LogP contribution in [0.4, 0.5) is 83.4 Å². The number of hydrogen-bond donors (Lipinski definition) is 0. The highest BCUT2D eigenvalue weighted by atomic mass is 19.4. The van der Waals surface area contributed by atoms with Crippen LogP contribution in [0.15, 0.2) is 5.11 Å². The molecule has 0 amide bonds. The molecule has 0 radical (unpaired) electrons. The molecule has 0 aliphatic carbocycles. The molecule has 0 aromatic heterocycles. The third-order valence-electron chi connectivity index (χ3n) is 3.57. The van der Waals surface area contributed by atoms with Crippen molar-refractivity contribution in [1.29, 1.82) is 0 Å². The molecule has 34 heavy (non-hydrogen) atoms. The van der Waals surface area contributed by atoms with Gasteiger partial charge in [0, 0.05) is 17.9 Å². The average Bonchev–Trinajstić information content (AvgIpc) is 2.58. The fraction of sp³-hybridized carbons (Fsp3) is 1.00. The molecule has 0 aliphatic heterocycles. The fourth-order valence-corrected chi connectivity index (χ4v) is 1.65. The van der Waals surface area contributed by atoms with Crippen LogP contribution >= 0.6 is 0 Å². The molecule has 0 heterocycles. The Morgan fingerprint density at radius 3 is 1.24 bits per heavy atom. The van der Waals surface area contributed by atoms with E-state index in [2.05, 4.69) is 5.11 Å². The second kappa shape index (κ2) is 8.55. The van der Waals surface area contributed by atoms with Gasteiger partial charge in [0.25, 0.3) is 0 Å². The second-order valence-electron chi connectivity index (χ2n) is 5.91. The molecule has 0 bridgehead atoms. The number of rotatable bonds is 11. The largest absolute Gasteiger partial charge is 0.462 e. The van der Waals surface area contributed by atoms with E-state index in [1.165, 1.54) is 0 Å². The number of nitrogens with zero attached hydrogens (tertiary/aromatic N) is 3. The summed E-state index contributed by atoms with van der Waals surface area (Å²) >= 11 is 0. The Bertz CT molecular complexity index is 781. The maximum atomic E-state index is 13.4. The van der Waals surface area contributed by atoms with E-state index in [0.29, 0.717) is 0 Å². The minimum absolute atomic E-state index is 1.05. The maximum Gasteiger partial charge on any atom is 0.462 e. The highest BCUT2D eigenvalue weighted by Gasteiger charge is 2.91. The lowest BCUT2D eigenvalue weighted by Gasteiger charge is -2.41. The van der Waals surface area contributed by atoms with Crippen molar-refractivity contribution in [1.82, 2.24) is 0 Å². The van der Waals surface area contributed by atoms with Crippen LogP contribution in [0.5, 0.6) is 0 Å². The predicted octanol–water partition coefficient (Wildman–Crippen LogP) is 7.26. The molecule has 0 rings (SSSR count). The van der Waals surface area contributed by atoms with E-state index < -0.39 is 66.9 Å². The van der Waals surface area contributed by atoms with Gasteiger partial charge < -0.3 is 0 Å². The van der Waals surface area contributed by atoms with Gasteiger partial charge in [0.05, 0.1) is 0 Å².